The number of piperidine rings is 1. The number of hydrogen-bond donors (Lipinski definition) is 2. The van der Waals surface area contributed by atoms with Crippen LogP contribution in [0.3, 0.4) is 0 Å². The molecular formula is C16H25N3O2. The Bertz CT molecular complexity index is 463. The van der Waals surface area contributed by atoms with Crippen molar-refractivity contribution >= 4 is 17.3 Å². The largest absolute Gasteiger partial charge is 0.399 e. The standard InChI is InChI=1S/C16H25N3O2/c1-21-12-13-4-3-8-19(11-13)9-7-16(20)18-15-6-2-5-14(17)10-15/h2,5-6,10,13H,3-4,7-9,11-12,17H2,1H3,(H,18,20). The molecule has 0 bridgehead atoms. The van der Waals surface area contributed by atoms with E-state index in [1.807, 2.05) is 12.1 Å². The van der Waals surface area contributed by atoms with Gasteiger partial charge in [0, 0.05) is 38.0 Å². The number of nitrogens with two attached hydrogens (primary N) is 1. The normalized spacial score (nSPS) is 19.4. The highest BCUT2D eigenvalue weighted by molar-refractivity contribution is 5.91. The van der Waals surface area contributed by atoms with Gasteiger partial charge < -0.3 is 20.7 Å². The van der Waals surface area contributed by atoms with Crippen LogP contribution in [0.25, 0.3) is 0 Å². The predicted molar refractivity (Wildman–Crippen MR) is 85.1 cm³/mol. The van der Waals surface area contributed by atoms with Crippen LogP contribution < -0.4 is 11.1 Å². The molecule has 3 N–H and O–H groups in total. The summed E-state index contributed by atoms with van der Waals surface area (Å²) in [6.07, 6.45) is 2.92. The Hall–Kier alpha value is -1.59. The number of likely N-dealkylation sites (tertiary alicyclic amines) is 1. The van der Waals surface area contributed by atoms with Gasteiger partial charge in [0.25, 0.3) is 0 Å². The van der Waals surface area contributed by atoms with Crippen molar-refractivity contribution in [3.05, 3.63) is 24.3 Å². The van der Waals surface area contributed by atoms with Crippen molar-refractivity contribution in [2.24, 2.45) is 5.92 Å². The number of methoxy groups -OCH3 is 1. The zero-order valence-corrected chi connectivity index (χ0v) is 12.7. The first kappa shape index (κ1) is 15.8. The summed E-state index contributed by atoms with van der Waals surface area (Å²) in [5.74, 6) is 0.634. The number of nitrogens with zero attached hydrogens (tertiary/aromatic N) is 1. The fraction of sp³-hybridized carbons (Fsp3) is 0.562. The topological polar surface area (TPSA) is 67.6 Å². The average molecular weight is 291 g/mol. The van der Waals surface area contributed by atoms with Gasteiger partial charge in [0.15, 0.2) is 0 Å². The maximum atomic E-state index is 12.0. The lowest BCUT2D eigenvalue weighted by molar-refractivity contribution is -0.116. The molecular weight excluding hydrogens is 266 g/mol. The summed E-state index contributed by atoms with van der Waals surface area (Å²) < 4.78 is 5.23. The van der Waals surface area contributed by atoms with E-state index in [-0.39, 0.29) is 5.91 Å². The average Bonchev–Trinajstić information content (AvgIpc) is 2.46. The van der Waals surface area contributed by atoms with Gasteiger partial charge in [-0.25, -0.2) is 0 Å². The lowest BCUT2D eigenvalue weighted by atomic mass is 9.99. The third-order valence-corrected chi connectivity index (χ3v) is 3.83. The Morgan fingerprint density at radius 1 is 1.52 bits per heavy atom. The first-order chi connectivity index (χ1) is 10.2. The molecule has 1 unspecified atom stereocenters. The fourth-order valence-electron chi connectivity index (χ4n) is 2.83. The number of hydrogen-bond acceptors (Lipinski definition) is 4. The van der Waals surface area contributed by atoms with Gasteiger partial charge in [0.05, 0.1) is 6.61 Å². The van der Waals surface area contributed by atoms with Crippen LogP contribution in [0, 0.1) is 5.92 Å². The molecule has 1 atom stereocenters. The molecule has 1 aromatic carbocycles. The highest BCUT2D eigenvalue weighted by atomic mass is 16.5. The Morgan fingerprint density at radius 2 is 2.38 bits per heavy atom. The smallest absolute Gasteiger partial charge is 0.225 e. The zero-order valence-electron chi connectivity index (χ0n) is 12.7. The summed E-state index contributed by atoms with van der Waals surface area (Å²) in [5, 5.41) is 2.89. The molecule has 0 aliphatic carbocycles. The number of carbonyl (C=O) groups is 1. The number of anilines is 2. The van der Waals surface area contributed by atoms with E-state index in [2.05, 4.69) is 10.2 Å². The van der Waals surface area contributed by atoms with Gasteiger partial charge in [-0.15, -0.1) is 0 Å². The molecule has 21 heavy (non-hydrogen) atoms. The van der Waals surface area contributed by atoms with Crippen molar-refractivity contribution in [1.82, 2.24) is 4.90 Å². The summed E-state index contributed by atoms with van der Waals surface area (Å²) >= 11 is 0. The number of nitrogen functional groups attached to an aromatic ring is 1. The fourth-order valence-corrected chi connectivity index (χ4v) is 2.83. The Kier molecular flexibility index (Phi) is 6.02. The van der Waals surface area contributed by atoms with Crippen molar-refractivity contribution in [2.45, 2.75) is 19.3 Å². The summed E-state index contributed by atoms with van der Waals surface area (Å²) in [7, 11) is 1.75. The first-order valence-electron chi connectivity index (χ1n) is 7.54. The van der Waals surface area contributed by atoms with Crippen LogP contribution in [0.5, 0.6) is 0 Å². The number of rotatable bonds is 6. The maximum absolute atomic E-state index is 12.0. The Balaban J connectivity index is 1.73. The van der Waals surface area contributed by atoms with Gasteiger partial charge in [0.1, 0.15) is 0 Å². The molecule has 0 spiro atoms. The van der Waals surface area contributed by atoms with Crippen LogP contribution in [-0.2, 0) is 9.53 Å². The minimum Gasteiger partial charge on any atom is -0.399 e. The van der Waals surface area contributed by atoms with Crippen LogP contribution >= 0.6 is 0 Å². The van der Waals surface area contributed by atoms with E-state index < -0.39 is 0 Å². The summed E-state index contributed by atoms with van der Waals surface area (Å²) in [5.41, 5.74) is 7.12. The Labute approximate surface area is 126 Å². The second-order valence-corrected chi connectivity index (χ2v) is 5.69. The number of ether oxygens (including phenoxy) is 1. The molecule has 1 saturated heterocycles. The van der Waals surface area contributed by atoms with E-state index in [9.17, 15) is 4.79 Å². The van der Waals surface area contributed by atoms with Gasteiger partial charge in [-0.1, -0.05) is 6.07 Å². The van der Waals surface area contributed by atoms with Gasteiger partial charge in [-0.2, -0.15) is 0 Å². The van der Waals surface area contributed by atoms with Crippen molar-refractivity contribution in [1.29, 1.82) is 0 Å². The van der Waals surface area contributed by atoms with Crippen LogP contribution in [0.15, 0.2) is 24.3 Å². The predicted octanol–water partition coefficient (Wildman–Crippen LogP) is 1.96. The molecule has 5 heteroatoms. The number of benzene rings is 1. The van der Waals surface area contributed by atoms with Crippen LogP contribution in [-0.4, -0.2) is 44.2 Å². The summed E-state index contributed by atoms with van der Waals surface area (Å²) in [6.45, 7) is 3.71. The minimum atomic E-state index is 0.0365. The third kappa shape index (κ3) is 5.36. The molecule has 0 radical (unpaired) electrons. The highest BCUT2D eigenvalue weighted by Crippen LogP contribution is 2.17. The molecule has 1 amide bonds. The Morgan fingerprint density at radius 3 is 3.14 bits per heavy atom. The summed E-state index contributed by atoms with van der Waals surface area (Å²) in [6, 6.07) is 7.27. The van der Waals surface area contributed by atoms with E-state index in [4.69, 9.17) is 10.5 Å². The molecule has 0 saturated carbocycles. The number of nitrogens with one attached hydrogen (secondary N) is 1. The molecule has 1 aromatic rings. The van der Waals surface area contributed by atoms with E-state index in [0.717, 1.165) is 31.9 Å². The maximum Gasteiger partial charge on any atom is 0.225 e. The second-order valence-electron chi connectivity index (χ2n) is 5.69. The molecule has 0 aromatic heterocycles. The monoisotopic (exact) mass is 291 g/mol. The zero-order chi connectivity index (χ0) is 15.1. The molecule has 1 aliphatic heterocycles. The SMILES string of the molecule is COCC1CCCN(CCC(=O)Nc2cccc(N)c2)C1. The number of carbonyl (C=O) groups excluding carboxylic acids is 1. The van der Waals surface area contributed by atoms with E-state index in [1.165, 1.54) is 12.8 Å². The number of amides is 1. The molecule has 1 fully saturated rings. The lowest BCUT2D eigenvalue weighted by Crippen LogP contribution is -2.38. The third-order valence-electron chi connectivity index (χ3n) is 3.83. The quantitative estimate of drug-likeness (QED) is 0.786. The van der Waals surface area contributed by atoms with E-state index >= 15 is 0 Å². The second kappa shape index (κ2) is 8.00. The van der Waals surface area contributed by atoms with Gasteiger partial charge in [-0.05, 0) is 43.5 Å². The van der Waals surface area contributed by atoms with Gasteiger partial charge >= 0.3 is 0 Å². The van der Waals surface area contributed by atoms with Gasteiger partial charge in [0.2, 0.25) is 5.91 Å². The molecule has 2 rings (SSSR count). The molecule has 1 aliphatic rings. The first-order valence-corrected chi connectivity index (χ1v) is 7.54. The summed E-state index contributed by atoms with van der Waals surface area (Å²) in [4.78, 5) is 14.3. The molecule has 5 nitrogen and oxygen atoms in total. The van der Waals surface area contributed by atoms with Crippen molar-refractivity contribution < 1.29 is 9.53 Å². The van der Waals surface area contributed by atoms with Crippen molar-refractivity contribution in [2.75, 3.05) is 44.4 Å². The van der Waals surface area contributed by atoms with Crippen molar-refractivity contribution in [3.8, 4) is 0 Å². The minimum absolute atomic E-state index is 0.0365. The van der Waals surface area contributed by atoms with Crippen LogP contribution in [0.2, 0.25) is 0 Å². The van der Waals surface area contributed by atoms with Crippen molar-refractivity contribution in [3.63, 3.8) is 0 Å². The molecule has 1 heterocycles. The molecule has 116 valence electrons. The lowest BCUT2D eigenvalue weighted by Gasteiger charge is -2.32. The van der Waals surface area contributed by atoms with Gasteiger partial charge in [-0.3, -0.25) is 4.79 Å². The van der Waals surface area contributed by atoms with E-state index in [1.54, 1.807) is 19.2 Å². The highest BCUT2D eigenvalue weighted by Gasteiger charge is 2.20. The van der Waals surface area contributed by atoms with Crippen LogP contribution in [0.4, 0.5) is 11.4 Å². The van der Waals surface area contributed by atoms with Crippen LogP contribution in [0.1, 0.15) is 19.3 Å². The van der Waals surface area contributed by atoms with E-state index in [0.29, 0.717) is 18.0 Å².